The molecule has 2 atom stereocenters. The number of aliphatic hydroxyl groups is 1. The summed E-state index contributed by atoms with van der Waals surface area (Å²) >= 11 is 0. The lowest BCUT2D eigenvalue weighted by atomic mass is 9.57. The largest absolute Gasteiger partial charge is 0.434 e. The number of carbonyl (C=O) groups is 1. The Kier molecular flexibility index (Phi) is 4.86. The summed E-state index contributed by atoms with van der Waals surface area (Å²) < 4.78 is 64.1. The molecule has 2 bridgehead atoms. The van der Waals surface area contributed by atoms with E-state index in [2.05, 4.69) is 10.3 Å². The van der Waals surface area contributed by atoms with Gasteiger partial charge >= 0.3 is 6.61 Å². The van der Waals surface area contributed by atoms with Crippen LogP contribution < -0.4 is 15.8 Å². The predicted molar refractivity (Wildman–Crippen MR) is 139 cm³/mol. The average Bonchev–Trinajstić information content (AvgIpc) is 3.38. The van der Waals surface area contributed by atoms with E-state index in [1.165, 1.54) is 24.4 Å². The Morgan fingerprint density at radius 1 is 1.27 bits per heavy atom. The first-order valence-electron chi connectivity index (χ1n) is 13.9. The SMILES string of the molecule is [2H]C([2H])(O)[C@]1(C)C[C@@](N)(c2ncc(-c3ccc4nc5n(c4c3)[C@@H]3C[C@H]5NC(=O)c4cccc(OC(F)F)c43)cc2F)C1. The molecule has 1 fully saturated rings. The summed E-state index contributed by atoms with van der Waals surface area (Å²) in [4.78, 5) is 22.0. The smallest absolute Gasteiger partial charge is 0.387 e. The van der Waals surface area contributed by atoms with Crippen molar-refractivity contribution in [2.75, 3.05) is 6.56 Å². The second-order valence-electron chi connectivity index (χ2n) is 11.2. The molecule has 0 spiro atoms. The van der Waals surface area contributed by atoms with Crippen LogP contribution in [0.4, 0.5) is 13.2 Å². The fourth-order valence-electron chi connectivity index (χ4n) is 6.74. The number of ether oxygens (including phenoxy) is 1. The summed E-state index contributed by atoms with van der Waals surface area (Å²) in [5, 5.41) is 12.8. The molecule has 1 saturated carbocycles. The van der Waals surface area contributed by atoms with Crippen LogP contribution in [0.2, 0.25) is 0 Å². The maximum absolute atomic E-state index is 15.4. The summed E-state index contributed by atoms with van der Waals surface area (Å²) in [6, 6.07) is 10.2. The molecule has 0 saturated heterocycles. The minimum absolute atomic E-state index is 0.00301. The van der Waals surface area contributed by atoms with E-state index >= 15 is 4.39 Å². The Morgan fingerprint density at radius 2 is 2.08 bits per heavy atom. The summed E-state index contributed by atoms with van der Waals surface area (Å²) in [6.07, 6.45) is 1.95. The molecule has 3 aliphatic rings. The fourth-order valence-corrected chi connectivity index (χ4v) is 6.74. The van der Waals surface area contributed by atoms with Gasteiger partial charge in [-0.05, 0) is 60.6 Å². The molecule has 4 heterocycles. The first kappa shape index (κ1) is 22.8. The minimum Gasteiger partial charge on any atom is -0.434 e. The van der Waals surface area contributed by atoms with Gasteiger partial charge in [0, 0.05) is 29.4 Å². The van der Waals surface area contributed by atoms with Crippen molar-refractivity contribution in [3.05, 3.63) is 77.1 Å². The van der Waals surface area contributed by atoms with E-state index in [-0.39, 0.29) is 29.8 Å². The molecular formula is C29H26F3N5O3. The number of aromatic nitrogens is 3. The van der Waals surface area contributed by atoms with Crippen LogP contribution in [0.5, 0.6) is 5.75 Å². The van der Waals surface area contributed by atoms with Crippen LogP contribution in [0.1, 0.15) is 68.5 Å². The van der Waals surface area contributed by atoms with E-state index in [9.17, 15) is 18.7 Å². The van der Waals surface area contributed by atoms with Gasteiger partial charge in [0.15, 0.2) is 0 Å². The molecule has 2 aromatic heterocycles. The normalized spacial score (nSPS) is 27.8. The fraction of sp³-hybridized carbons (Fsp3) is 0.345. The number of amides is 1. The number of nitrogens with two attached hydrogens (primary N) is 1. The summed E-state index contributed by atoms with van der Waals surface area (Å²) in [6.45, 7) is -3.96. The molecule has 11 heteroatoms. The number of hydrogen-bond acceptors (Lipinski definition) is 6. The van der Waals surface area contributed by atoms with Crippen LogP contribution in [0.25, 0.3) is 22.2 Å². The van der Waals surface area contributed by atoms with E-state index in [0.29, 0.717) is 40.0 Å². The molecule has 1 amide bonds. The third-order valence-electron chi connectivity index (χ3n) is 8.29. The molecule has 0 radical (unpaired) electrons. The second kappa shape index (κ2) is 8.52. The van der Waals surface area contributed by atoms with Crippen LogP contribution in [0.3, 0.4) is 0 Å². The number of imidazole rings is 1. The van der Waals surface area contributed by atoms with Gasteiger partial charge in [-0.2, -0.15) is 8.78 Å². The molecule has 8 nitrogen and oxygen atoms in total. The van der Waals surface area contributed by atoms with Gasteiger partial charge in [0.1, 0.15) is 17.4 Å². The molecule has 206 valence electrons. The molecule has 40 heavy (non-hydrogen) atoms. The van der Waals surface area contributed by atoms with Gasteiger partial charge in [0.2, 0.25) is 0 Å². The van der Waals surface area contributed by atoms with Gasteiger partial charge in [0.05, 0.1) is 37.1 Å². The minimum atomic E-state index is -3.07. The standard InChI is InChI=1S/C29H26F3N5O3/c1-28(13-38)11-29(33,12-28)24-17(30)7-15(10-34-24)14-5-6-18-20(8-14)37-21-9-19(25(37)35-18)36-26(39)16-3-2-4-22(23(16)21)40-27(31)32/h2-8,10,19,21,27,38H,9,11-13,33H2,1H3,(H,36,39)/t19-,21-,28-,29+/m1/s1/i13D2. The van der Waals surface area contributed by atoms with E-state index in [1.54, 1.807) is 25.1 Å². The first-order valence-corrected chi connectivity index (χ1v) is 12.9. The molecule has 0 unspecified atom stereocenters. The van der Waals surface area contributed by atoms with Gasteiger partial charge in [-0.15, -0.1) is 0 Å². The number of pyridine rings is 1. The topological polar surface area (TPSA) is 115 Å². The van der Waals surface area contributed by atoms with Gasteiger partial charge < -0.3 is 25.5 Å². The highest BCUT2D eigenvalue weighted by Gasteiger charge is 2.52. The third-order valence-corrected chi connectivity index (χ3v) is 8.29. The molecule has 1 aliphatic carbocycles. The number of nitrogens with one attached hydrogen (secondary N) is 1. The van der Waals surface area contributed by atoms with Crippen molar-refractivity contribution in [3.8, 4) is 16.9 Å². The van der Waals surface area contributed by atoms with E-state index in [0.717, 1.165) is 0 Å². The zero-order chi connectivity index (χ0) is 29.8. The molecule has 7 rings (SSSR count). The monoisotopic (exact) mass is 551 g/mol. The number of alkyl halides is 2. The number of benzene rings is 2. The average molecular weight is 552 g/mol. The summed E-state index contributed by atoms with van der Waals surface area (Å²) in [5.41, 5.74) is 7.04. The number of hydrogen-bond donors (Lipinski definition) is 3. The lowest BCUT2D eigenvalue weighted by molar-refractivity contribution is -0.0507. The molecule has 4 aromatic rings. The van der Waals surface area contributed by atoms with Crippen molar-refractivity contribution in [2.45, 2.75) is 50.4 Å². The maximum Gasteiger partial charge on any atom is 0.387 e. The van der Waals surface area contributed by atoms with Crippen molar-refractivity contribution >= 4 is 16.9 Å². The van der Waals surface area contributed by atoms with E-state index < -0.39 is 47.9 Å². The van der Waals surface area contributed by atoms with Crippen LogP contribution in [0, 0.1) is 11.2 Å². The van der Waals surface area contributed by atoms with Crippen molar-refractivity contribution < 1.29 is 30.6 Å². The van der Waals surface area contributed by atoms with Crippen molar-refractivity contribution in [1.82, 2.24) is 19.9 Å². The lowest BCUT2D eigenvalue weighted by Gasteiger charge is -2.51. The first-order chi connectivity index (χ1) is 19.8. The zero-order valence-electron chi connectivity index (χ0n) is 23.3. The van der Waals surface area contributed by atoms with Gasteiger partial charge in [-0.1, -0.05) is 19.1 Å². The summed E-state index contributed by atoms with van der Waals surface area (Å²) in [7, 11) is 0. The quantitative estimate of drug-likeness (QED) is 0.335. The van der Waals surface area contributed by atoms with Gasteiger partial charge in [-0.25, -0.2) is 9.37 Å². The van der Waals surface area contributed by atoms with Crippen LogP contribution in [-0.4, -0.2) is 38.7 Å². The highest BCUT2D eigenvalue weighted by Crippen LogP contribution is 2.52. The number of nitrogens with zero attached hydrogens (tertiary/aromatic N) is 3. The van der Waals surface area contributed by atoms with Crippen molar-refractivity contribution in [1.29, 1.82) is 0 Å². The highest BCUT2D eigenvalue weighted by molar-refractivity contribution is 5.98. The lowest BCUT2D eigenvalue weighted by Crippen LogP contribution is -2.56. The second-order valence-corrected chi connectivity index (χ2v) is 11.2. The number of carbonyl (C=O) groups excluding carboxylic acids is 1. The van der Waals surface area contributed by atoms with Crippen LogP contribution >= 0.6 is 0 Å². The Balaban J connectivity index is 1.28. The Hall–Kier alpha value is -3.96. The Morgan fingerprint density at radius 3 is 2.80 bits per heavy atom. The highest BCUT2D eigenvalue weighted by atomic mass is 19.3. The van der Waals surface area contributed by atoms with Crippen molar-refractivity contribution in [3.63, 3.8) is 0 Å². The number of fused-ring (bicyclic) bond motifs is 9. The zero-order valence-corrected chi connectivity index (χ0v) is 21.3. The maximum atomic E-state index is 15.4. The third kappa shape index (κ3) is 3.64. The van der Waals surface area contributed by atoms with Gasteiger partial charge in [0.25, 0.3) is 5.91 Å². The summed E-state index contributed by atoms with van der Waals surface area (Å²) in [5.74, 6) is -0.531. The van der Waals surface area contributed by atoms with Crippen molar-refractivity contribution in [2.24, 2.45) is 11.1 Å². The molecular weight excluding hydrogens is 523 g/mol. The Labute approximate surface area is 229 Å². The Bertz CT molecular complexity index is 1780. The van der Waals surface area contributed by atoms with Crippen LogP contribution in [-0.2, 0) is 5.54 Å². The predicted octanol–water partition coefficient (Wildman–Crippen LogP) is 4.56. The van der Waals surface area contributed by atoms with E-state index in [1.807, 2.05) is 10.6 Å². The number of rotatable bonds is 5. The molecule has 4 N–H and O–H groups in total. The van der Waals surface area contributed by atoms with Gasteiger partial charge in [-0.3, -0.25) is 9.78 Å². The number of halogens is 3. The molecule has 2 aromatic carbocycles. The van der Waals surface area contributed by atoms with E-state index in [4.69, 9.17) is 18.2 Å². The molecule has 2 aliphatic heterocycles. The van der Waals surface area contributed by atoms with Crippen LogP contribution in [0.15, 0.2) is 48.7 Å².